The minimum atomic E-state index is 1.39. The van der Waals surface area contributed by atoms with Gasteiger partial charge < -0.3 is 0 Å². The molecule has 1 radical (unpaired) electrons. The Labute approximate surface area is 49.7 Å². The summed E-state index contributed by atoms with van der Waals surface area (Å²) in [5.41, 5.74) is 0. The summed E-state index contributed by atoms with van der Waals surface area (Å²) in [7, 11) is 0. The zero-order valence-corrected chi connectivity index (χ0v) is 5.55. The molecule has 0 aliphatic heterocycles. The molecule has 0 bridgehead atoms. The highest BCUT2D eigenvalue weighted by molar-refractivity contribution is 8.01. The molecule has 0 unspecified atom stereocenters. The summed E-state index contributed by atoms with van der Waals surface area (Å²) in [5, 5.41) is 1.71. The van der Waals surface area contributed by atoms with E-state index in [4.69, 9.17) is 0 Å². The lowest BCUT2D eigenvalue weighted by Gasteiger charge is -1.98. The van der Waals surface area contributed by atoms with E-state index in [2.05, 4.69) is 6.26 Å². The highest BCUT2D eigenvalue weighted by Crippen LogP contribution is 2.34. The van der Waals surface area contributed by atoms with E-state index in [0.717, 1.165) is 0 Å². The highest BCUT2D eigenvalue weighted by Gasteiger charge is 2.12. The zero-order chi connectivity index (χ0) is 5.11. The van der Waals surface area contributed by atoms with Gasteiger partial charge in [0.25, 0.3) is 0 Å². The SMILES string of the molecule is CS[C]1CCCC1. The summed E-state index contributed by atoms with van der Waals surface area (Å²) in [5.74, 6) is 0. The van der Waals surface area contributed by atoms with Crippen LogP contribution in [0.4, 0.5) is 0 Å². The predicted octanol–water partition coefficient (Wildman–Crippen LogP) is 2.46. The van der Waals surface area contributed by atoms with Crippen LogP contribution in [0, 0.1) is 5.25 Å². The molecule has 1 rings (SSSR count). The molecule has 0 spiro atoms. The Hall–Kier alpha value is 0.350. The van der Waals surface area contributed by atoms with Gasteiger partial charge in [0.15, 0.2) is 0 Å². The van der Waals surface area contributed by atoms with E-state index >= 15 is 0 Å². The molecule has 0 aromatic rings. The van der Waals surface area contributed by atoms with Crippen LogP contribution in [0.1, 0.15) is 25.7 Å². The molecule has 1 saturated carbocycles. The molecule has 0 N–H and O–H groups in total. The van der Waals surface area contributed by atoms with Crippen molar-refractivity contribution in [1.29, 1.82) is 0 Å². The Balaban J connectivity index is 2.14. The molecule has 7 heavy (non-hydrogen) atoms. The summed E-state index contributed by atoms with van der Waals surface area (Å²) >= 11 is 1.95. The van der Waals surface area contributed by atoms with Crippen molar-refractivity contribution in [1.82, 2.24) is 0 Å². The molecule has 1 heteroatoms. The molecule has 0 atom stereocenters. The van der Waals surface area contributed by atoms with E-state index in [1.807, 2.05) is 11.8 Å². The summed E-state index contributed by atoms with van der Waals surface area (Å²) < 4.78 is 0. The Bertz CT molecular complexity index is 46.1. The Morgan fingerprint density at radius 1 is 1.29 bits per heavy atom. The Morgan fingerprint density at radius 3 is 2.14 bits per heavy atom. The lowest BCUT2D eigenvalue weighted by Crippen LogP contribution is -1.76. The van der Waals surface area contributed by atoms with Gasteiger partial charge in [0.2, 0.25) is 0 Å². The van der Waals surface area contributed by atoms with E-state index in [9.17, 15) is 0 Å². The van der Waals surface area contributed by atoms with Crippen molar-refractivity contribution in [3.8, 4) is 0 Å². The molecule has 1 aliphatic rings. The van der Waals surface area contributed by atoms with Crippen LogP contribution in [-0.4, -0.2) is 6.26 Å². The molecule has 1 fully saturated rings. The number of rotatable bonds is 1. The smallest absolute Gasteiger partial charge is 0.0303 e. The maximum absolute atomic E-state index is 2.18. The first-order valence-corrected chi connectivity index (χ1v) is 4.04. The van der Waals surface area contributed by atoms with Crippen LogP contribution >= 0.6 is 11.8 Å². The molecule has 0 aromatic heterocycles. The average molecular weight is 115 g/mol. The fourth-order valence-electron chi connectivity index (χ4n) is 0.973. The van der Waals surface area contributed by atoms with Crippen molar-refractivity contribution in [3.63, 3.8) is 0 Å². The first-order chi connectivity index (χ1) is 3.43. The molecule has 0 amide bonds. The first kappa shape index (κ1) is 5.49. The fourth-order valence-corrected chi connectivity index (χ4v) is 1.67. The van der Waals surface area contributed by atoms with Gasteiger partial charge >= 0.3 is 0 Å². The quantitative estimate of drug-likeness (QED) is 0.506. The predicted molar refractivity (Wildman–Crippen MR) is 35.2 cm³/mol. The minimum Gasteiger partial charge on any atom is -0.157 e. The molecule has 0 aromatic carbocycles. The van der Waals surface area contributed by atoms with Crippen LogP contribution in [0.3, 0.4) is 0 Å². The van der Waals surface area contributed by atoms with E-state index < -0.39 is 0 Å². The third-order valence-electron chi connectivity index (χ3n) is 1.45. The van der Waals surface area contributed by atoms with Gasteiger partial charge in [0, 0.05) is 5.25 Å². The summed E-state index contributed by atoms with van der Waals surface area (Å²) in [6.45, 7) is 0. The van der Waals surface area contributed by atoms with Crippen molar-refractivity contribution in [2.24, 2.45) is 0 Å². The van der Waals surface area contributed by atoms with Crippen molar-refractivity contribution < 1.29 is 0 Å². The second kappa shape index (κ2) is 2.61. The second-order valence-electron chi connectivity index (χ2n) is 1.95. The first-order valence-electron chi connectivity index (χ1n) is 2.82. The number of hydrogen-bond acceptors (Lipinski definition) is 1. The monoisotopic (exact) mass is 115 g/mol. The van der Waals surface area contributed by atoms with Crippen LogP contribution in [0.15, 0.2) is 0 Å². The summed E-state index contributed by atoms with van der Waals surface area (Å²) in [6.07, 6.45) is 7.84. The van der Waals surface area contributed by atoms with Crippen molar-refractivity contribution in [2.45, 2.75) is 25.7 Å². The standard InChI is InChI=1S/C6H11S/c1-7-6-4-2-3-5-6/h2-5H2,1H3. The van der Waals surface area contributed by atoms with Gasteiger partial charge in [-0.15, -0.1) is 0 Å². The van der Waals surface area contributed by atoms with Crippen molar-refractivity contribution in [3.05, 3.63) is 5.25 Å². The van der Waals surface area contributed by atoms with Crippen LogP contribution in [-0.2, 0) is 0 Å². The van der Waals surface area contributed by atoms with Gasteiger partial charge in [-0.1, -0.05) is 12.8 Å². The van der Waals surface area contributed by atoms with Crippen LogP contribution in [0.2, 0.25) is 0 Å². The minimum absolute atomic E-state index is 1.39. The number of thioether (sulfide) groups is 1. The van der Waals surface area contributed by atoms with Gasteiger partial charge in [-0.3, -0.25) is 0 Å². The topological polar surface area (TPSA) is 0 Å². The molecule has 0 saturated heterocycles. The maximum Gasteiger partial charge on any atom is 0.0303 e. The van der Waals surface area contributed by atoms with Gasteiger partial charge in [-0.05, 0) is 19.1 Å². The van der Waals surface area contributed by atoms with E-state index in [0.29, 0.717) is 0 Å². The fraction of sp³-hybridized carbons (Fsp3) is 0.833. The largest absolute Gasteiger partial charge is 0.157 e. The molecular weight excluding hydrogens is 104 g/mol. The van der Waals surface area contributed by atoms with Crippen molar-refractivity contribution >= 4 is 11.8 Å². The van der Waals surface area contributed by atoms with Gasteiger partial charge in [-0.25, -0.2) is 0 Å². The molecular formula is C6H11S. The van der Waals surface area contributed by atoms with Gasteiger partial charge in [0.1, 0.15) is 0 Å². The Morgan fingerprint density at radius 2 is 1.86 bits per heavy atom. The molecule has 41 valence electrons. The van der Waals surface area contributed by atoms with Crippen LogP contribution < -0.4 is 0 Å². The average Bonchev–Trinajstić information content (AvgIpc) is 2.14. The van der Waals surface area contributed by atoms with Gasteiger partial charge in [0.05, 0.1) is 0 Å². The highest BCUT2D eigenvalue weighted by atomic mass is 32.2. The van der Waals surface area contributed by atoms with E-state index in [1.54, 1.807) is 5.25 Å². The molecule has 1 aliphatic carbocycles. The lowest BCUT2D eigenvalue weighted by atomic mass is 10.4. The van der Waals surface area contributed by atoms with Crippen molar-refractivity contribution in [2.75, 3.05) is 6.26 Å². The summed E-state index contributed by atoms with van der Waals surface area (Å²) in [4.78, 5) is 0. The third kappa shape index (κ3) is 1.37. The third-order valence-corrected chi connectivity index (χ3v) is 2.44. The second-order valence-corrected chi connectivity index (χ2v) is 2.94. The van der Waals surface area contributed by atoms with Crippen LogP contribution in [0.5, 0.6) is 0 Å². The zero-order valence-electron chi connectivity index (χ0n) is 4.74. The maximum atomic E-state index is 2.18. The number of hydrogen-bond donors (Lipinski definition) is 0. The van der Waals surface area contributed by atoms with Crippen LogP contribution in [0.25, 0.3) is 0 Å². The molecule has 0 heterocycles. The Kier molecular flexibility index (Phi) is 2.04. The molecule has 0 nitrogen and oxygen atoms in total. The lowest BCUT2D eigenvalue weighted by molar-refractivity contribution is 0.886. The van der Waals surface area contributed by atoms with Gasteiger partial charge in [-0.2, -0.15) is 11.8 Å². The summed E-state index contributed by atoms with van der Waals surface area (Å²) in [6, 6.07) is 0. The van der Waals surface area contributed by atoms with E-state index in [1.165, 1.54) is 25.7 Å². The normalized spacial score (nSPS) is 23.6. The van der Waals surface area contributed by atoms with E-state index in [-0.39, 0.29) is 0 Å².